The molecule has 148 valence electrons. The zero-order valence-electron chi connectivity index (χ0n) is 15.7. The molecule has 2 N–H and O–H groups in total. The standard InChI is InChI=1S/C20H18N4O3S2/c1-26-16-12-17(27-2)23-20(22-16)29-15-10-8-14(9-11-15)21-19(28)24-18(25)13-6-4-3-5-7-13/h3-12H,1-2H3,(H2,21,24,25,28). The first kappa shape index (κ1) is 20.6. The average molecular weight is 427 g/mol. The topological polar surface area (TPSA) is 85.4 Å². The van der Waals surface area contributed by atoms with Gasteiger partial charge in [-0.15, -0.1) is 0 Å². The van der Waals surface area contributed by atoms with Crippen LogP contribution in [-0.4, -0.2) is 35.2 Å². The van der Waals surface area contributed by atoms with Crippen LogP contribution >= 0.6 is 24.0 Å². The average Bonchev–Trinajstić information content (AvgIpc) is 2.75. The molecule has 0 aliphatic carbocycles. The lowest BCUT2D eigenvalue weighted by molar-refractivity contribution is 0.0977. The van der Waals surface area contributed by atoms with Crippen molar-refractivity contribution in [3.8, 4) is 11.8 Å². The first-order valence-electron chi connectivity index (χ1n) is 8.50. The summed E-state index contributed by atoms with van der Waals surface area (Å²) in [5, 5.41) is 6.37. The molecular formula is C20H18N4O3S2. The third kappa shape index (κ3) is 5.90. The lowest BCUT2D eigenvalue weighted by atomic mass is 10.2. The van der Waals surface area contributed by atoms with Crippen LogP contribution in [0.5, 0.6) is 11.8 Å². The van der Waals surface area contributed by atoms with Crippen LogP contribution in [0.4, 0.5) is 5.69 Å². The first-order valence-corrected chi connectivity index (χ1v) is 9.72. The fourth-order valence-electron chi connectivity index (χ4n) is 2.28. The minimum Gasteiger partial charge on any atom is -0.481 e. The number of thiocarbonyl (C=S) groups is 1. The number of carbonyl (C=O) groups excluding carboxylic acids is 1. The first-order chi connectivity index (χ1) is 14.1. The number of aromatic nitrogens is 2. The molecule has 1 aromatic heterocycles. The van der Waals surface area contributed by atoms with E-state index < -0.39 is 0 Å². The zero-order valence-corrected chi connectivity index (χ0v) is 17.3. The number of ether oxygens (including phenoxy) is 2. The highest BCUT2D eigenvalue weighted by atomic mass is 32.2. The Morgan fingerprint density at radius 2 is 1.59 bits per heavy atom. The summed E-state index contributed by atoms with van der Waals surface area (Å²) < 4.78 is 10.3. The molecular weight excluding hydrogens is 408 g/mol. The van der Waals surface area contributed by atoms with E-state index >= 15 is 0 Å². The molecule has 0 bridgehead atoms. The number of rotatable bonds is 6. The number of nitrogens with zero attached hydrogens (tertiary/aromatic N) is 2. The summed E-state index contributed by atoms with van der Waals surface area (Å²) in [7, 11) is 3.08. The fourth-order valence-corrected chi connectivity index (χ4v) is 3.24. The van der Waals surface area contributed by atoms with Crippen LogP contribution < -0.4 is 20.1 Å². The molecule has 1 amide bonds. The van der Waals surface area contributed by atoms with Gasteiger partial charge in [-0.1, -0.05) is 18.2 Å². The molecule has 9 heteroatoms. The van der Waals surface area contributed by atoms with E-state index in [0.717, 1.165) is 10.6 Å². The number of nitrogens with one attached hydrogen (secondary N) is 2. The molecule has 3 aromatic rings. The van der Waals surface area contributed by atoms with Gasteiger partial charge >= 0.3 is 0 Å². The van der Waals surface area contributed by atoms with Crippen LogP contribution in [0.15, 0.2) is 70.7 Å². The third-order valence-corrected chi connectivity index (χ3v) is 4.74. The Labute approximate surface area is 177 Å². The molecule has 0 saturated heterocycles. The molecule has 1 heterocycles. The van der Waals surface area contributed by atoms with E-state index in [1.165, 1.54) is 26.0 Å². The second-order valence-electron chi connectivity index (χ2n) is 5.64. The third-order valence-electron chi connectivity index (χ3n) is 3.66. The smallest absolute Gasteiger partial charge is 0.257 e. The summed E-state index contributed by atoms with van der Waals surface area (Å²) in [6, 6.07) is 18.0. The summed E-state index contributed by atoms with van der Waals surface area (Å²) >= 11 is 6.58. The van der Waals surface area contributed by atoms with Crippen molar-refractivity contribution in [3.63, 3.8) is 0 Å². The molecule has 0 atom stereocenters. The van der Waals surface area contributed by atoms with E-state index in [1.807, 2.05) is 30.3 Å². The molecule has 7 nitrogen and oxygen atoms in total. The Hall–Kier alpha value is -3.17. The predicted molar refractivity (Wildman–Crippen MR) is 116 cm³/mol. The molecule has 0 fully saturated rings. The molecule has 0 aliphatic rings. The van der Waals surface area contributed by atoms with Crippen molar-refractivity contribution in [1.29, 1.82) is 0 Å². The summed E-state index contributed by atoms with van der Waals surface area (Å²) in [5.41, 5.74) is 1.29. The summed E-state index contributed by atoms with van der Waals surface area (Å²) in [6.07, 6.45) is 0. The SMILES string of the molecule is COc1cc(OC)nc(Sc2ccc(NC(=S)NC(=O)c3ccccc3)cc2)n1. The molecule has 2 aromatic carbocycles. The van der Waals surface area contributed by atoms with Crippen molar-refractivity contribution in [2.75, 3.05) is 19.5 Å². The van der Waals surface area contributed by atoms with Gasteiger partial charge in [0.15, 0.2) is 10.3 Å². The van der Waals surface area contributed by atoms with Gasteiger partial charge in [-0.3, -0.25) is 10.1 Å². The highest BCUT2D eigenvalue weighted by Gasteiger charge is 2.09. The van der Waals surface area contributed by atoms with E-state index in [2.05, 4.69) is 20.6 Å². The Balaban J connectivity index is 1.60. The van der Waals surface area contributed by atoms with Crippen molar-refractivity contribution >= 4 is 40.7 Å². The largest absolute Gasteiger partial charge is 0.481 e. The van der Waals surface area contributed by atoms with Crippen LogP contribution in [-0.2, 0) is 0 Å². The number of anilines is 1. The number of hydrogen-bond donors (Lipinski definition) is 2. The Bertz CT molecular complexity index is 976. The van der Waals surface area contributed by atoms with Gasteiger partial charge in [0.1, 0.15) is 0 Å². The van der Waals surface area contributed by atoms with Crippen LogP contribution in [0.3, 0.4) is 0 Å². The zero-order chi connectivity index (χ0) is 20.6. The maximum absolute atomic E-state index is 12.1. The van der Waals surface area contributed by atoms with E-state index in [4.69, 9.17) is 21.7 Å². The number of methoxy groups -OCH3 is 2. The molecule has 29 heavy (non-hydrogen) atoms. The Kier molecular flexibility index (Phi) is 6.99. The van der Waals surface area contributed by atoms with Gasteiger partial charge in [0.05, 0.1) is 20.3 Å². The molecule has 3 rings (SSSR count). The minimum absolute atomic E-state index is 0.222. The number of amides is 1. The highest BCUT2D eigenvalue weighted by molar-refractivity contribution is 7.99. The second kappa shape index (κ2) is 9.85. The van der Waals surface area contributed by atoms with Crippen LogP contribution in [0.2, 0.25) is 0 Å². The van der Waals surface area contributed by atoms with E-state index in [-0.39, 0.29) is 11.0 Å². The van der Waals surface area contributed by atoms with Gasteiger partial charge in [0, 0.05) is 16.1 Å². The Morgan fingerprint density at radius 1 is 0.966 bits per heavy atom. The van der Waals surface area contributed by atoms with Gasteiger partial charge in [-0.05, 0) is 60.4 Å². The van der Waals surface area contributed by atoms with Gasteiger partial charge in [0.2, 0.25) is 11.8 Å². The quantitative estimate of drug-likeness (QED) is 0.455. The molecule has 0 radical (unpaired) electrons. The predicted octanol–water partition coefficient (Wildman–Crippen LogP) is 3.77. The van der Waals surface area contributed by atoms with Crippen molar-refractivity contribution in [3.05, 3.63) is 66.2 Å². The summed E-state index contributed by atoms with van der Waals surface area (Å²) in [6.45, 7) is 0. The molecule has 0 spiro atoms. The monoisotopic (exact) mass is 426 g/mol. The second-order valence-corrected chi connectivity index (χ2v) is 7.08. The van der Waals surface area contributed by atoms with Gasteiger partial charge < -0.3 is 14.8 Å². The van der Waals surface area contributed by atoms with Crippen molar-refractivity contribution in [2.24, 2.45) is 0 Å². The normalized spacial score (nSPS) is 10.1. The summed E-state index contributed by atoms with van der Waals surface area (Å²) in [5.74, 6) is 0.591. The van der Waals surface area contributed by atoms with E-state index in [0.29, 0.717) is 22.5 Å². The van der Waals surface area contributed by atoms with Crippen LogP contribution in [0, 0.1) is 0 Å². The highest BCUT2D eigenvalue weighted by Crippen LogP contribution is 2.29. The maximum Gasteiger partial charge on any atom is 0.257 e. The Morgan fingerprint density at radius 3 is 2.17 bits per heavy atom. The fraction of sp³-hybridized carbons (Fsp3) is 0.100. The van der Waals surface area contributed by atoms with Crippen LogP contribution in [0.1, 0.15) is 10.4 Å². The number of carbonyl (C=O) groups is 1. The van der Waals surface area contributed by atoms with Crippen molar-refractivity contribution in [1.82, 2.24) is 15.3 Å². The minimum atomic E-state index is -0.264. The van der Waals surface area contributed by atoms with Crippen molar-refractivity contribution < 1.29 is 14.3 Å². The van der Waals surface area contributed by atoms with E-state index in [1.54, 1.807) is 30.3 Å². The molecule has 0 aliphatic heterocycles. The molecule has 0 unspecified atom stereocenters. The van der Waals surface area contributed by atoms with Gasteiger partial charge in [0.25, 0.3) is 5.91 Å². The number of hydrogen-bond acceptors (Lipinski definition) is 7. The number of benzene rings is 2. The maximum atomic E-state index is 12.1. The molecule has 0 saturated carbocycles. The van der Waals surface area contributed by atoms with Gasteiger partial charge in [-0.2, -0.15) is 9.97 Å². The van der Waals surface area contributed by atoms with E-state index in [9.17, 15) is 4.79 Å². The lowest BCUT2D eigenvalue weighted by Crippen LogP contribution is -2.34. The van der Waals surface area contributed by atoms with Gasteiger partial charge in [-0.25, -0.2) is 0 Å². The van der Waals surface area contributed by atoms with Crippen LogP contribution in [0.25, 0.3) is 0 Å². The lowest BCUT2D eigenvalue weighted by Gasteiger charge is -2.10. The summed E-state index contributed by atoms with van der Waals surface area (Å²) in [4.78, 5) is 21.6. The van der Waals surface area contributed by atoms with Crippen molar-refractivity contribution in [2.45, 2.75) is 10.1 Å².